The molecule has 1 aromatic heterocycles. The Morgan fingerprint density at radius 2 is 1.68 bits per heavy atom. The molecule has 12 nitrogen and oxygen atoms in total. The Kier molecular flexibility index (Phi) is 16.9. The van der Waals surface area contributed by atoms with E-state index in [0.717, 1.165) is 78.5 Å². The van der Waals surface area contributed by atoms with E-state index in [-0.39, 0.29) is 79.4 Å². The van der Waals surface area contributed by atoms with Gasteiger partial charge in [0.05, 0.1) is 37.5 Å². The molecule has 5 aliphatic carbocycles. The van der Waals surface area contributed by atoms with Crippen molar-refractivity contribution in [2.45, 2.75) is 138 Å². The zero-order valence-electron chi connectivity index (χ0n) is 45.6. The van der Waals surface area contributed by atoms with E-state index in [1.807, 2.05) is 24.3 Å². The third-order valence-electron chi connectivity index (χ3n) is 19.6. The number of Topliss-reactive ketones (excluding diaryl/α,β-unsaturated/α-hetero) is 1. The lowest BCUT2D eigenvalue weighted by atomic mass is 9.58. The Morgan fingerprint density at radius 1 is 0.850 bits per heavy atom. The van der Waals surface area contributed by atoms with Crippen LogP contribution in [0.5, 0.6) is 17.2 Å². The van der Waals surface area contributed by atoms with Crippen LogP contribution in [-0.4, -0.2) is 84.5 Å². The molecule has 5 aromatic rings. The van der Waals surface area contributed by atoms with Crippen LogP contribution >= 0.6 is 21.6 Å². The van der Waals surface area contributed by atoms with Crippen molar-refractivity contribution < 1.29 is 45.0 Å². The number of phenolic OH excluding ortho intramolecular Hbond substituents is 2. The monoisotopic (exact) mass is 1120 g/mol. The zero-order valence-corrected chi connectivity index (χ0v) is 47.2. The number of H-pyrrole nitrogens is 1. The Hall–Kier alpha value is -5.34. The largest absolute Gasteiger partial charge is 0.508 e. The van der Waals surface area contributed by atoms with Gasteiger partial charge in [-0.05, 0) is 169 Å². The molecule has 6 aliphatic rings. The minimum absolute atomic E-state index is 0.0192. The zero-order chi connectivity index (χ0) is 55.8. The second kappa shape index (κ2) is 23.9. The maximum absolute atomic E-state index is 14.4. The number of ketones is 2. The van der Waals surface area contributed by atoms with Gasteiger partial charge in [0.1, 0.15) is 5.75 Å². The Morgan fingerprint density at radius 3 is 2.50 bits per heavy atom. The summed E-state index contributed by atoms with van der Waals surface area (Å²) in [6.07, 6.45) is 13.7. The van der Waals surface area contributed by atoms with Gasteiger partial charge < -0.3 is 51.8 Å². The third kappa shape index (κ3) is 11.7. The topological polar surface area (TPSA) is 233 Å². The molecule has 10 unspecified atom stereocenters. The Bertz CT molecular complexity index is 3200. The molecular weight excluding hydrogens is 1040 g/mol. The fourth-order valence-corrected chi connectivity index (χ4v) is 18.1. The summed E-state index contributed by atoms with van der Waals surface area (Å²) >= 11 is 0. The molecule has 80 heavy (non-hydrogen) atoms. The molecule has 3 fully saturated rings. The molecule has 3 saturated carbocycles. The molecule has 0 spiro atoms. The van der Waals surface area contributed by atoms with E-state index in [2.05, 4.69) is 53.2 Å². The number of ether oxygens (including phenoxy) is 1. The summed E-state index contributed by atoms with van der Waals surface area (Å²) in [5.41, 5.74) is 20.1. The predicted octanol–water partition coefficient (Wildman–Crippen LogP) is 10.0. The number of benzene rings is 4. The first-order valence-corrected chi connectivity index (χ1v) is 31.4. The normalized spacial score (nSPS) is 30.1. The first kappa shape index (κ1) is 56.5. The number of carbonyl (C=O) groups is 2. The lowest BCUT2D eigenvalue weighted by Crippen LogP contribution is -2.44. The number of allylic oxidation sites excluding steroid dienone is 2. The van der Waals surface area contributed by atoms with Crippen molar-refractivity contribution in [1.29, 1.82) is 0 Å². The molecule has 4 aromatic carbocycles. The molecule has 11 N–H and O–H groups in total. The molecule has 10 atom stereocenters. The second-order valence-corrected chi connectivity index (χ2v) is 26.9. The van der Waals surface area contributed by atoms with Gasteiger partial charge in [0.2, 0.25) is 0 Å². The molecule has 2 heterocycles. The van der Waals surface area contributed by atoms with E-state index < -0.39 is 34.6 Å². The molecular formula is C66H77N3O9S2. The number of aryl methyl sites for hydroxylation is 1. The lowest BCUT2D eigenvalue weighted by molar-refractivity contribution is -0.114. The van der Waals surface area contributed by atoms with Crippen molar-refractivity contribution in [1.82, 2.24) is 4.98 Å². The van der Waals surface area contributed by atoms with Gasteiger partial charge in [-0.1, -0.05) is 101 Å². The Labute approximate surface area is 478 Å². The summed E-state index contributed by atoms with van der Waals surface area (Å²) < 4.78 is 6.23. The maximum Gasteiger partial charge on any atom is 0.165 e. The summed E-state index contributed by atoms with van der Waals surface area (Å²) in [7, 11) is 3.39. The van der Waals surface area contributed by atoms with Gasteiger partial charge >= 0.3 is 0 Å². The molecule has 11 rings (SSSR count). The van der Waals surface area contributed by atoms with Gasteiger partial charge in [-0.2, -0.15) is 0 Å². The van der Waals surface area contributed by atoms with Crippen molar-refractivity contribution in [3.8, 4) is 29.1 Å². The second-order valence-electron chi connectivity index (χ2n) is 24.5. The van der Waals surface area contributed by atoms with Crippen LogP contribution in [-0.2, 0) is 36.2 Å². The SMILES string of the molecule is NC(N)c1cc2c3cc1CSSCC14CCC(CC5CC(O)(CO)CCCC6CC(CO)c7ccccc7CC65)C(C=CC(=O)CCc5ccc(O)c(c5)OCCc5ccc(O)c(c5)C3CC(=O)c3cc[nH]c3CC#C2)(CC1O)C4. The highest BCUT2D eigenvalue weighted by Crippen LogP contribution is 2.65. The van der Waals surface area contributed by atoms with E-state index in [0.29, 0.717) is 84.8 Å². The van der Waals surface area contributed by atoms with E-state index >= 15 is 0 Å². The lowest BCUT2D eigenvalue weighted by Gasteiger charge is -2.48. The number of carbonyl (C=O) groups excluding carboxylic acids is 2. The molecule has 422 valence electrons. The van der Waals surface area contributed by atoms with E-state index in [1.165, 1.54) is 11.1 Å². The summed E-state index contributed by atoms with van der Waals surface area (Å²) in [6.45, 7) is -0.0272. The van der Waals surface area contributed by atoms with Gasteiger partial charge in [0.25, 0.3) is 0 Å². The molecule has 0 amide bonds. The number of nitrogens with one attached hydrogen (secondary N) is 1. The fourth-order valence-electron chi connectivity index (χ4n) is 15.3. The van der Waals surface area contributed by atoms with Crippen molar-refractivity contribution in [2.75, 3.05) is 25.6 Å². The van der Waals surface area contributed by atoms with E-state index in [9.17, 15) is 40.2 Å². The third-order valence-corrected chi connectivity index (χ3v) is 22.1. The van der Waals surface area contributed by atoms with Crippen LogP contribution in [0.1, 0.15) is 161 Å². The number of aliphatic hydroxyl groups is 4. The molecule has 8 bridgehead atoms. The van der Waals surface area contributed by atoms with Gasteiger partial charge in [0.15, 0.2) is 23.1 Å². The van der Waals surface area contributed by atoms with Crippen LogP contribution in [0.25, 0.3) is 0 Å². The van der Waals surface area contributed by atoms with Crippen molar-refractivity contribution in [2.24, 2.45) is 46.0 Å². The first-order chi connectivity index (χ1) is 38.7. The standard InChI is InChI=1S/C66H77N3O9S2/c67-63(68)54-30-44-6-3-9-57-51(18-23-69-57)60(75)32-55-53(44)31-47(54)36-79-80-39-65-21-16-48(28-45-33-66(77,38-71)20-4-7-42-27-46(35-70)50-8-2-1-5-43(50)29-52(42)45)64(37-65,34-62(65)76)22-17-49(72)13-10-40-12-15-59(74)61(26-40)78-24-19-41-11-14-58(73)56(55)25-41/h1-2,5,8,11-12,14-15,17-18,22-23,25-26,30-31,42,45-46,48,52,55,62-63,69-71,73-74,76-77H,4,7,9-10,13,16,19-21,24,27-29,32-39,67-68H2. The number of phenols is 2. The number of aromatic nitrogens is 1. The number of nitrogens with two attached hydrogens (primary N) is 2. The molecule has 0 saturated heterocycles. The quantitative estimate of drug-likeness (QED) is 0.0454. The highest BCUT2D eigenvalue weighted by Gasteiger charge is 2.60. The molecule has 0 radical (unpaired) electrons. The maximum atomic E-state index is 14.4. The fraction of sp³-hybridized carbons (Fsp3) is 0.485. The minimum Gasteiger partial charge on any atom is -0.508 e. The number of hydrogen-bond acceptors (Lipinski definition) is 13. The minimum atomic E-state index is -1.22. The average Bonchev–Trinajstić information content (AvgIpc) is 3.99. The highest BCUT2D eigenvalue weighted by atomic mass is 33.1. The number of aromatic amines is 1. The van der Waals surface area contributed by atoms with Crippen molar-refractivity contribution >= 4 is 33.2 Å². The predicted molar refractivity (Wildman–Crippen MR) is 314 cm³/mol. The van der Waals surface area contributed by atoms with Gasteiger partial charge in [-0.3, -0.25) is 9.59 Å². The van der Waals surface area contributed by atoms with E-state index in [1.54, 1.807) is 58.1 Å². The molecule has 14 heteroatoms. The number of rotatable bonds is 5. The van der Waals surface area contributed by atoms with Crippen molar-refractivity contribution in [3.63, 3.8) is 0 Å². The summed E-state index contributed by atoms with van der Waals surface area (Å²) in [6, 6.07) is 24.9. The molecule has 1 aliphatic heterocycles. The smallest absolute Gasteiger partial charge is 0.165 e. The number of fused-ring (bicyclic) bond motifs is 9. The summed E-state index contributed by atoms with van der Waals surface area (Å²) in [5, 5.41) is 69.0. The van der Waals surface area contributed by atoms with Gasteiger partial charge in [0, 0.05) is 83.2 Å². The summed E-state index contributed by atoms with van der Waals surface area (Å²) in [5.74, 6) is 8.19. The van der Waals surface area contributed by atoms with Gasteiger partial charge in [-0.15, -0.1) is 0 Å². The number of aromatic hydroxyl groups is 2. The summed E-state index contributed by atoms with van der Waals surface area (Å²) in [4.78, 5) is 31.8. The Balaban J connectivity index is 0.949. The number of aliphatic hydroxyl groups excluding tert-OH is 3. The van der Waals surface area contributed by atoms with Gasteiger partial charge in [-0.25, -0.2) is 0 Å². The van der Waals surface area contributed by atoms with Crippen LogP contribution in [0.15, 0.2) is 97.2 Å². The van der Waals surface area contributed by atoms with Crippen LogP contribution in [0, 0.1) is 46.3 Å². The first-order valence-electron chi connectivity index (χ1n) is 28.9. The van der Waals surface area contributed by atoms with Crippen LogP contribution in [0.4, 0.5) is 0 Å². The van der Waals surface area contributed by atoms with E-state index in [4.69, 9.17) is 16.2 Å². The average molecular weight is 1120 g/mol. The van der Waals surface area contributed by atoms with Crippen LogP contribution in [0.2, 0.25) is 0 Å². The van der Waals surface area contributed by atoms with Crippen LogP contribution in [0.3, 0.4) is 0 Å². The number of hydrogen-bond donors (Lipinski definition) is 9. The van der Waals surface area contributed by atoms with Crippen LogP contribution < -0.4 is 16.2 Å². The van der Waals surface area contributed by atoms with Crippen molar-refractivity contribution in [3.05, 3.63) is 159 Å². The highest BCUT2D eigenvalue weighted by molar-refractivity contribution is 8.76.